The van der Waals surface area contributed by atoms with Crippen LogP contribution >= 0.6 is 0 Å². The monoisotopic (exact) mass is 237 g/mol. The van der Waals surface area contributed by atoms with E-state index in [1.807, 2.05) is 0 Å². The lowest BCUT2D eigenvalue weighted by molar-refractivity contribution is 0.507. The van der Waals surface area contributed by atoms with Gasteiger partial charge in [-0.2, -0.15) is 0 Å². The van der Waals surface area contributed by atoms with Gasteiger partial charge in [-0.25, -0.2) is 4.98 Å². The molecule has 0 fully saturated rings. The molecule has 17 heavy (non-hydrogen) atoms. The Bertz CT molecular complexity index is 372. The van der Waals surface area contributed by atoms with Gasteiger partial charge in [0.2, 0.25) is 0 Å². The molecule has 0 aliphatic rings. The summed E-state index contributed by atoms with van der Waals surface area (Å²) < 4.78 is 2.15. The number of nitrogens with zero attached hydrogens (tertiary/aromatic N) is 2. The van der Waals surface area contributed by atoms with E-state index in [1.165, 1.54) is 6.42 Å². The van der Waals surface area contributed by atoms with Crippen molar-refractivity contribution in [2.75, 3.05) is 5.73 Å². The Morgan fingerprint density at radius 1 is 1.29 bits per heavy atom. The molecule has 0 bridgehead atoms. The van der Waals surface area contributed by atoms with Gasteiger partial charge >= 0.3 is 0 Å². The summed E-state index contributed by atoms with van der Waals surface area (Å²) in [5, 5.41) is 0. The molecule has 98 valence electrons. The zero-order valence-electron chi connectivity index (χ0n) is 12.2. The van der Waals surface area contributed by atoms with Gasteiger partial charge in [0.25, 0.3) is 0 Å². The van der Waals surface area contributed by atoms with Gasteiger partial charge in [-0.1, -0.05) is 41.0 Å². The van der Waals surface area contributed by atoms with Crippen molar-refractivity contribution in [1.29, 1.82) is 0 Å². The van der Waals surface area contributed by atoms with Gasteiger partial charge in [0, 0.05) is 17.9 Å². The first kappa shape index (κ1) is 14.1. The van der Waals surface area contributed by atoms with Crippen LogP contribution in [-0.2, 0) is 12.0 Å². The van der Waals surface area contributed by atoms with E-state index >= 15 is 0 Å². The van der Waals surface area contributed by atoms with Gasteiger partial charge in [0.05, 0.1) is 5.69 Å². The summed E-state index contributed by atoms with van der Waals surface area (Å²) in [6.45, 7) is 14.0. The van der Waals surface area contributed by atoms with Crippen molar-refractivity contribution in [3.63, 3.8) is 0 Å². The first-order valence-corrected chi connectivity index (χ1v) is 6.69. The molecule has 1 atom stereocenters. The van der Waals surface area contributed by atoms with E-state index in [2.05, 4.69) is 46.1 Å². The van der Waals surface area contributed by atoms with Gasteiger partial charge in [-0.05, 0) is 13.3 Å². The fraction of sp³-hybridized carbons (Fsp3) is 0.786. The van der Waals surface area contributed by atoms with E-state index in [0.29, 0.717) is 5.92 Å². The summed E-state index contributed by atoms with van der Waals surface area (Å²) in [6.07, 6.45) is 2.32. The van der Waals surface area contributed by atoms with Crippen LogP contribution in [0.2, 0.25) is 0 Å². The maximum absolute atomic E-state index is 6.24. The van der Waals surface area contributed by atoms with Crippen LogP contribution in [0, 0.1) is 0 Å². The Morgan fingerprint density at radius 3 is 2.24 bits per heavy atom. The molecule has 0 aliphatic heterocycles. The number of hydrogen-bond acceptors (Lipinski definition) is 2. The standard InChI is InChI=1S/C14H27N3/c1-7-9-10(3)11-12(15)17(8-2)13(16-11)14(4,5)6/h10H,7-9,15H2,1-6H3. The third kappa shape index (κ3) is 2.82. The van der Waals surface area contributed by atoms with Crippen molar-refractivity contribution >= 4 is 5.82 Å². The molecule has 2 N–H and O–H groups in total. The summed E-state index contributed by atoms with van der Waals surface area (Å²) in [7, 11) is 0. The first-order valence-electron chi connectivity index (χ1n) is 6.69. The minimum atomic E-state index is 0.0499. The average molecular weight is 237 g/mol. The maximum Gasteiger partial charge on any atom is 0.127 e. The Morgan fingerprint density at radius 2 is 1.88 bits per heavy atom. The molecule has 1 aromatic heterocycles. The van der Waals surface area contributed by atoms with Crippen molar-refractivity contribution in [2.24, 2.45) is 0 Å². The zero-order chi connectivity index (χ0) is 13.2. The Kier molecular flexibility index (Phi) is 4.23. The number of nitrogens with two attached hydrogens (primary N) is 1. The summed E-state index contributed by atoms with van der Waals surface area (Å²) in [4.78, 5) is 4.81. The molecular weight excluding hydrogens is 210 g/mol. The largest absolute Gasteiger partial charge is 0.384 e. The highest BCUT2D eigenvalue weighted by atomic mass is 15.1. The molecule has 1 aromatic rings. The van der Waals surface area contributed by atoms with Crippen molar-refractivity contribution in [1.82, 2.24) is 9.55 Å². The van der Waals surface area contributed by atoms with Crippen LogP contribution in [-0.4, -0.2) is 9.55 Å². The summed E-state index contributed by atoms with van der Waals surface area (Å²) in [5.74, 6) is 2.42. The van der Waals surface area contributed by atoms with Gasteiger partial charge < -0.3 is 10.3 Å². The molecule has 0 aromatic carbocycles. The third-order valence-corrected chi connectivity index (χ3v) is 3.21. The predicted octanol–water partition coefficient (Wildman–Crippen LogP) is 3.69. The molecule has 0 saturated heterocycles. The highest BCUT2D eigenvalue weighted by Gasteiger charge is 2.25. The second kappa shape index (κ2) is 5.11. The normalized spacial score (nSPS) is 14.0. The summed E-state index contributed by atoms with van der Waals surface area (Å²) >= 11 is 0. The van der Waals surface area contributed by atoms with Crippen molar-refractivity contribution in [2.45, 2.75) is 72.3 Å². The second-order valence-electron chi connectivity index (χ2n) is 5.89. The molecule has 3 heteroatoms. The number of imidazole rings is 1. The lowest BCUT2D eigenvalue weighted by Gasteiger charge is -2.19. The molecule has 0 spiro atoms. The van der Waals surface area contributed by atoms with Gasteiger partial charge in [-0.15, -0.1) is 0 Å². The number of anilines is 1. The summed E-state index contributed by atoms with van der Waals surface area (Å²) in [6, 6.07) is 0. The fourth-order valence-corrected chi connectivity index (χ4v) is 2.31. The number of aromatic nitrogens is 2. The lowest BCUT2D eigenvalue weighted by atomic mass is 9.95. The Hall–Kier alpha value is -0.990. The number of nitrogen functional groups attached to an aromatic ring is 1. The highest BCUT2D eigenvalue weighted by Crippen LogP contribution is 2.31. The van der Waals surface area contributed by atoms with Gasteiger partial charge in [0.1, 0.15) is 11.6 Å². The van der Waals surface area contributed by atoms with Crippen LogP contribution in [0.1, 0.15) is 71.8 Å². The van der Waals surface area contributed by atoms with Crippen LogP contribution in [0.15, 0.2) is 0 Å². The van der Waals surface area contributed by atoms with E-state index in [-0.39, 0.29) is 5.41 Å². The summed E-state index contributed by atoms with van der Waals surface area (Å²) in [5.41, 5.74) is 7.37. The molecule has 0 saturated carbocycles. The van der Waals surface area contributed by atoms with Gasteiger partial charge in [0.15, 0.2) is 0 Å². The second-order valence-corrected chi connectivity index (χ2v) is 5.89. The quantitative estimate of drug-likeness (QED) is 0.868. The third-order valence-electron chi connectivity index (χ3n) is 3.21. The van der Waals surface area contributed by atoms with E-state index in [1.54, 1.807) is 0 Å². The van der Waals surface area contributed by atoms with E-state index in [0.717, 1.165) is 30.3 Å². The molecule has 0 radical (unpaired) electrons. The van der Waals surface area contributed by atoms with E-state index in [9.17, 15) is 0 Å². The molecule has 1 rings (SSSR count). The average Bonchev–Trinajstić information content (AvgIpc) is 2.55. The topological polar surface area (TPSA) is 43.8 Å². The Labute approximate surface area is 105 Å². The van der Waals surface area contributed by atoms with E-state index in [4.69, 9.17) is 10.7 Å². The minimum absolute atomic E-state index is 0.0499. The number of rotatable bonds is 4. The SMILES string of the molecule is CCCC(C)c1nc(C(C)(C)C)n(CC)c1N. The van der Waals surface area contributed by atoms with Crippen LogP contribution in [0.25, 0.3) is 0 Å². The van der Waals surface area contributed by atoms with E-state index < -0.39 is 0 Å². The van der Waals surface area contributed by atoms with Crippen LogP contribution < -0.4 is 5.73 Å². The molecule has 1 unspecified atom stereocenters. The predicted molar refractivity (Wildman–Crippen MR) is 74.3 cm³/mol. The fourth-order valence-electron chi connectivity index (χ4n) is 2.31. The highest BCUT2D eigenvalue weighted by molar-refractivity contribution is 5.41. The van der Waals surface area contributed by atoms with Crippen molar-refractivity contribution in [3.05, 3.63) is 11.5 Å². The molecular formula is C14H27N3. The minimum Gasteiger partial charge on any atom is -0.384 e. The zero-order valence-corrected chi connectivity index (χ0v) is 12.2. The first-order chi connectivity index (χ1) is 7.82. The van der Waals surface area contributed by atoms with Crippen LogP contribution in [0.4, 0.5) is 5.82 Å². The molecule has 0 amide bonds. The number of hydrogen-bond donors (Lipinski definition) is 1. The molecule has 0 aliphatic carbocycles. The van der Waals surface area contributed by atoms with Crippen LogP contribution in [0.5, 0.6) is 0 Å². The van der Waals surface area contributed by atoms with Gasteiger partial charge in [-0.3, -0.25) is 0 Å². The maximum atomic E-state index is 6.24. The smallest absolute Gasteiger partial charge is 0.127 e. The molecule has 3 nitrogen and oxygen atoms in total. The molecule has 1 heterocycles. The van der Waals surface area contributed by atoms with Crippen molar-refractivity contribution in [3.8, 4) is 0 Å². The van der Waals surface area contributed by atoms with Crippen LogP contribution in [0.3, 0.4) is 0 Å². The lowest BCUT2D eigenvalue weighted by Crippen LogP contribution is -2.19. The Balaban J connectivity index is 3.22. The van der Waals surface area contributed by atoms with Crippen molar-refractivity contribution < 1.29 is 0 Å².